The van der Waals surface area contributed by atoms with Crippen molar-refractivity contribution in [2.45, 2.75) is 89.8 Å². The van der Waals surface area contributed by atoms with Crippen molar-refractivity contribution in [3.8, 4) is 0 Å². The lowest BCUT2D eigenvalue weighted by atomic mass is 9.86. The van der Waals surface area contributed by atoms with E-state index in [4.69, 9.17) is 5.11 Å². The van der Waals surface area contributed by atoms with Crippen molar-refractivity contribution in [1.82, 2.24) is 0 Å². The van der Waals surface area contributed by atoms with Crippen molar-refractivity contribution in [3.63, 3.8) is 0 Å². The molecule has 5 nitrogen and oxygen atoms in total. The summed E-state index contributed by atoms with van der Waals surface area (Å²) in [5, 5.41) is 28.8. The fourth-order valence-electron chi connectivity index (χ4n) is 3.61. The molecule has 0 aromatic carbocycles. The van der Waals surface area contributed by atoms with E-state index in [1.165, 1.54) is 0 Å². The molecule has 25 heavy (non-hydrogen) atoms. The quantitative estimate of drug-likeness (QED) is 0.348. The second-order valence-corrected chi connectivity index (χ2v) is 7.23. The van der Waals surface area contributed by atoms with Crippen LogP contribution in [0.4, 0.5) is 0 Å². The van der Waals surface area contributed by atoms with Crippen molar-refractivity contribution in [1.29, 1.82) is 0 Å². The van der Waals surface area contributed by atoms with E-state index in [1.807, 2.05) is 12.2 Å². The number of carboxylic acids is 1. The highest BCUT2D eigenvalue weighted by atomic mass is 16.4. The van der Waals surface area contributed by atoms with E-state index in [2.05, 4.69) is 6.92 Å². The third-order valence-electron chi connectivity index (χ3n) is 5.13. The predicted molar refractivity (Wildman–Crippen MR) is 97.2 cm³/mol. The van der Waals surface area contributed by atoms with Gasteiger partial charge in [-0.15, -0.1) is 0 Å². The molecule has 0 bridgehead atoms. The van der Waals surface area contributed by atoms with Crippen LogP contribution in [0.25, 0.3) is 0 Å². The third kappa shape index (κ3) is 8.63. The zero-order chi connectivity index (χ0) is 18.7. The number of hydrogen-bond donors (Lipinski definition) is 3. The van der Waals surface area contributed by atoms with Crippen molar-refractivity contribution in [2.75, 3.05) is 0 Å². The number of aliphatic hydroxyl groups is 2. The average Bonchev–Trinajstić information content (AvgIpc) is 2.82. The van der Waals surface area contributed by atoms with Gasteiger partial charge in [-0.3, -0.25) is 9.59 Å². The van der Waals surface area contributed by atoms with E-state index in [9.17, 15) is 19.8 Å². The van der Waals surface area contributed by atoms with Gasteiger partial charge in [-0.25, -0.2) is 0 Å². The highest BCUT2D eigenvalue weighted by molar-refractivity contribution is 5.84. The summed E-state index contributed by atoms with van der Waals surface area (Å²) in [6, 6.07) is 0. The van der Waals surface area contributed by atoms with Crippen molar-refractivity contribution in [3.05, 3.63) is 12.2 Å². The molecule has 0 heterocycles. The van der Waals surface area contributed by atoms with E-state index in [-0.39, 0.29) is 36.6 Å². The minimum Gasteiger partial charge on any atom is -0.481 e. The molecule has 1 rings (SSSR count). The van der Waals surface area contributed by atoms with Crippen molar-refractivity contribution < 1.29 is 24.9 Å². The summed E-state index contributed by atoms with van der Waals surface area (Å²) in [4.78, 5) is 22.6. The van der Waals surface area contributed by atoms with Gasteiger partial charge in [-0.2, -0.15) is 0 Å². The van der Waals surface area contributed by atoms with Crippen LogP contribution >= 0.6 is 0 Å². The van der Waals surface area contributed by atoms with Gasteiger partial charge < -0.3 is 15.3 Å². The van der Waals surface area contributed by atoms with Gasteiger partial charge in [0.15, 0.2) is 0 Å². The van der Waals surface area contributed by atoms with Gasteiger partial charge >= 0.3 is 5.97 Å². The average molecular weight is 354 g/mol. The molecule has 0 aliphatic heterocycles. The van der Waals surface area contributed by atoms with Crippen molar-refractivity contribution >= 4 is 11.8 Å². The molecule has 0 radical (unpaired) electrons. The van der Waals surface area contributed by atoms with Crippen LogP contribution in [0.5, 0.6) is 0 Å². The Bertz CT molecular complexity index is 432. The monoisotopic (exact) mass is 354 g/mol. The van der Waals surface area contributed by atoms with Crippen molar-refractivity contribution in [2.24, 2.45) is 11.8 Å². The standard InChI is InChI=1S/C20H34O5/c1-2-3-6-9-15(21)12-13-17-16(18(22)14-19(17)23)10-7-4-5-8-11-20(24)25/h4,7,15-17,19,21,23H,2-3,5-6,8-14H2,1H3,(H,24,25)/t15?,16-,17-,19-/m1/s1. The summed E-state index contributed by atoms with van der Waals surface area (Å²) in [6.45, 7) is 2.13. The molecule has 0 saturated heterocycles. The van der Waals surface area contributed by atoms with Crippen LogP contribution in [0.3, 0.4) is 0 Å². The maximum Gasteiger partial charge on any atom is 0.303 e. The minimum absolute atomic E-state index is 0.0722. The van der Waals surface area contributed by atoms with Gasteiger partial charge in [0.2, 0.25) is 0 Å². The Morgan fingerprint density at radius 3 is 2.68 bits per heavy atom. The molecule has 0 amide bonds. The van der Waals surface area contributed by atoms with Gasteiger partial charge in [0.05, 0.1) is 12.2 Å². The Morgan fingerprint density at radius 2 is 2.00 bits per heavy atom. The van der Waals surface area contributed by atoms with E-state index < -0.39 is 12.1 Å². The largest absolute Gasteiger partial charge is 0.481 e. The fourth-order valence-corrected chi connectivity index (χ4v) is 3.61. The van der Waals surface area contributed by atoms with E-state index in [0.29, 0.717) is 32.1 Å². The number of carbonyl (C=O) groups excluding carboxylic acids is 1. The lowest BCUT2D eigenvalue weighted by molar-refractivity contribution is -0.137. The van der Waals surface area contributed by atoms with Crippen LogP contribution in [0.15, 0.2) is 12.2 Å². The lowest BCUT2D eigenvalue weighted by Crippen LogP contribution is -2.22. The van der Waals surface area contributed by atoms with Crippen LogP contribution in [0, 0.1) is 11.8 Å². The van der Waals surface area contributed by atoms with Gasteiger partial charge in [-0.05, 0) is 44.4 Å². The summed E-state index contributed by atoms with van der Waals surface area (Å²) in [7, 11) is 0. The minimum atomic E-state index is -0.792. The SMILES string of the molecule is CCCCCC(O)CC[C@H]1[C@H](O)CC(=O)[C@@H]1CC=CCCCC(=O)O. The summed E-state index contributed by atoms with van der Waals surface area (Å²) in [6.07, 6.45) is 10.6. The molecule has 1 aliphatic rings. The molecular weight excluding hydrogens is 320 g/mol. The number of carboxylic acid groups (broad SMARTS) is 1. The third-order valence-corrected chi connectivity index (χ3v) is 5.13. The Balaban J connectivity index is 2.38. The van der Waals surface area contributed by atoms with E-state index in [0.717, 1.165) is 25.7 Å². The summed E-state index contributed by atoms with van der Waals surface area (Å²) < 4.78 is 0. The molecule has 1 unspecified atom stereocenters. The van der Waals surface area contributed by atoms with E-state index in [1.54, 1.807) is 0 Å². The molecule has 5 heteroatoms. The van der Waals surface area contributed by atoms with Crippen LogP contribution < -0.4 is 0 Å². The van der Waals surface area contributed by atoms with Crippen LogP contribution in [0.2, 0.25) is 0 Å². The topological polar surface area (TPSA) is 94.8 Å². The fraction of sp³-hybridized carbons (Fsp3) is 0.800. The maximum absolute atomic E-state index is 12.1. The number of hydrogen-bond acceptors (Lipinski definition) is 4. The summed E-state index contributed by atoms with van der Waals surface area (Å²) >= 11 is 0. The Kier molecular flexibility index (Phi) is 10.7. The molecular formula is C20H34O5. The summed E-state index contributed by atoms with van der Waals surface area (Å²) in [5.41, 5.74) is 0. The molecule has 1 fully saturated rings. The molecule has 3 N–H and O–H groups in total. The van der Waals surface area contributed by atoms with Gasteiger partial charge in [0, 0.05) is 18.8 Å². The number of carbonyl (C=O) groups is 2. The molecule has 1 saturated carbocycles. The zero-order valence-corrected chi connectivity index (χ0v) is 15.4. The molecule has 0 spiro atoms. The normalized spacial score (nSPS) is 24.9. The van der Waals surface area contributed by atoms with Gasteiger partial charge in [0.25, 0.3) is 0 Å². The number of rotatable bonds is 13. The van der Waals surface area contributed by atoms with Crippen LogP contribution in [-0.2, 0) is 9.59 Å². The van der Waals surface area contributed by atoms with Gasteiger partial charge in [-0.1, -0.05) is 38.3 Å². The van der Waals surface area contributed by atoms with Crippen LogP contribution in [0.1, 0.15) is 77.6 Å². The van der Waals surface area contributed by atoms with E-state index >= 15 is 0 Å². The Morgan fingerprint density at radius 1 is 1.24 bits per heavy atom. The first-order valence-electron chi connectivity index (χ1n) is 9.71. The number of Topliss-reactive ketones (excluding diaryl/α,β-unsaturated/α-hetero) is 1. The highest BCUT2D eigenvalue weighted by Gasteiger charge is 2.40. The molecule has 144 valence electrons. The predicted octanol–water partition coefficient (Wildman–Crippen LogP) is 3.48. The number of ketones is 1. The smallest absolute Gasteiger partial charge is 0.303 e. The van der Waals surface area contributed by atoms with Gasteiger partial charge in [0.1, 0.15) is 5.78 Å². The molecule has 0 aromatic heterocycles. The number of unbranched alkanes of at least 4 members (excludes halogenated alkanes) is 3. The number of aliphatic carboxylic acids is 1. The molecule has 4 atom stereocenters. The second kappa shape index (κ2) is 12.2. The summed E-state index contributed by atoms with van der Waals surface area (Å²) in [5.74, 6) is -0.932. The highest BCUT2D eigenvalue weighted by Crippen LogP contribution is 2.36. The molecule has 1 aliphatic carbocycles. The first kappa shape index (κ1) is 21.8. The zero-order valence-electron chi connectivity index (χ0n) is 15.4. The van der Waals surface area contributed by atoms with Crippen LogP contribution in [-0.4, -0.2) is 39.3 Å². The second-order valence-electron chi connectivity index (χ2n) is 7.23. The number of aliphatic hydroxyl groups excluding tert-OH is 2. The number of allylic oxidation sites excluding steroid dienone is 2. The first-order chi connectivity index (χ1) is 12.0. The lowest BCUT2D eigenvalue weighted by Gasteiger charge is -2.21. The first-order valence-corrected chi connectivity index (χ1v) is 9.71. The maximum atomic E-state index is 12.1. The Labute approximate surface area is 151 Å². The Hall–Kier alpha value is -1.20. The molecule has 0 aromatic rings.